The molecule has 2 nitrogen and oxygen atoms in total. The zero-order chi connectivity index (χ0) is 10.5. The van der Waals surface area contributed by atoms with Gasteiger partial charge in [0.2, 0.25) is 0 Å². The smallest absolute Gasteiger partial charge is 0.0781 e. The predicted molar refractivity (Wildman–Crippen MR) is 70.7 cm³/mol. The molecule has 4 heteroatoms. The first kappa shape index (κ1) is 11.7. The highest BCUT2D eigenvalue weighted by Gasteiger charge is 2.30. The number of rotatable bonds is 5. The SMILES string of the molecule is ISO[C@H]1C[C@H](OCc2ccccc2)C1. The zero-order valence-electron chi connectivity index (χ0n) is 8.27. The van der Waals surface area contributed by atoms with E-state index in [1.807, 2.05) is 18.2 Å². The van der Waals surface area contributed by atoms with Crippen molar-refractivity contribution < 1.29 is 8.92 Å². The molecule has 1 fully saturated rings. The first-order valence-corrected chi connectivity index (χ1v) is 8.26. The maximum Gasteiger partial charge on any atom is 0.0781 e. The van der Waals surface area contributed by atoms with Crippen LogP contribution in [0.3, 0.4) is 0 Å². The van der Waals surface area contributed by atoms with Crippen molar-refractivity contribution in [3.05, 3.63) is 35.9 Å². The zero-order valence-corrected chi connectivity index (χ0v) is 11.2. The summed E-state index contributed by atoms with van der Waals surface area (Å²) >= 11 is 2.15. The van der Waals surface area contributed by atoms with Gasteiger partial charge in [-0.15, -0.1) is 0 Å². The molecule has 1 aromatic carbocycles. The van der Waals surface area contributed by atoms with Gasteiger partial charge in [0.05, 0.1) is 28.0 Å². The lowest BCUT2D eigenvalue weighted by molar-refractivity contribution is -0.0623. The van der Waals surface area contributed by atoms with Crippen LogP contribution in [0.1, 0.15) is 18.4 Å². The molecular weight excluding hydrogens is 323 g/mol. The summed E-state index contributed by atoms with van der Waals surface area (Å²) in [6, 6.07) is 10.3. The van der Waals surface area contributed by atoms with E-state index in [1.165, 1.54) is 14.8 Å². The second-order valence-electron chi connectivity index (χ2n) is 3.67. The molecule has 0 spiro atoms. The Hall–Kier alpha value is 0.220. The fraction of sp³-hybridized carbons (Fsp3) is 0.455. The first-order valence-electron chi connectivity index (χ1n) is 4.98. The molecule has 2 rings (SSSR count). The van der Waals surface area contributed by atoms with Crippen LogP contribution in [-0.2, 0) is 15.5 Å². The second kappa shape index (κ2) is 6.08. The van der Waals surface area contributed by atoms with E-state index in [0.29, 0.717) is 12.2 Å². The van der Waals surface area contributed by atoms with Gasteiger partial charge in [-0.25, -0.2) is 0 Å². The van der Waals surface area contributed by atoms with E-state index in [1.54, 1.807) is 0 Å². The number of benzene rings is 1. The Labute approximate surface area is 107 Å². The Morgan fingerprint density at radius 1 is 1.20 bits per heavy atom. The molecule has 0 amide bonds. The third-order valence-corrected chi connectivity index (χ3v) is 3.52. The molecule has 0 bridgehead atoms. The van der Waals surface area contributed by atoms with Gasteiger partial charge in [-0.3, -0.25) is 0 Å². The molecule has 0 aliphatic heterocycles. The fourth-order valence-electron chi connectivity index (χ4n) is 1.57. The minimum Gasteiger partial charge on any atom is -0.373 e. The van der Waals surface area contributed by atoms with E-state index in [-0.39, 0.29) is 0 Å². The Morgan fingerprint density at radius 3 is 2.60 bits per heavy atom. The molecule has 15 heavy (non-hydrogen) atoms. The number of hydrogen-bond donors (Lipinski definition) is 0. The van der Waals surface area contributed by atoms with Gasteiger partial charge in [-0.05, 0) is 5.56 Å². The van der Waals surface area contributed by atoms with E-state index in [2.05, 4.69) is 33.3 Å². The minimum absolute atomic E-state index is 0.388. The lowest BCUT2D eigenvalue weighted by Gasteiger charge is -2.33. The molecule has 0 N–H and O–H groups in total. The van der Waals surface area contributed by atoms with Crippen molar-refractivity contribution in [1.29, 1.82) is 0 Å². The Morgan fingerprint density at radius 2 is 1.93 bits per heavy atom. The second-order valence-corrected chi connectivity index (χ2v) is 5.07. The van der Waals surface area contributed by atoms with Crippen molar-refractivity contribution in [3.8, 4) is 0 Å². The maximum absolute atomic E-state index is 5.75. The third-order valence-electron chi connectivity index (χ3n) is 2.55. The topological polar surface area (TPSA) is 18.5 Å². The summed E-state index contributed by atoms with van der Waals surface area (Å²) in [6.07, 6.45) is 2.84. The van der Waals surface area contributed by atoms with Crippen molar-refractivity contribution in [2.45, 2.75) is 31.7 Å². The van der Waals surface area contributed by atoms with E-state index >= 15 is 0 Å². The summed E-state index contributed by atoms with van der Waals surface area (Å²) in [4.78, 5) is 0. The van der Waals surface area contributed by atoms with Crippen molar-refractivity contribution in [2.75, 3.05) is 0 Å². The molecule has 0 atom stereocenters. The monoisotopic (exact) mass is 336 g/mol. The standard InChI is InChI=1S/C11H13IO2S/c12-15-14-11-6-10(7-11)13-8-9-4-2-1-3-5-9/h1-5,10-11H,6-8H2/t10-,11-. The van der Waals surface area contributed by atoms with E-state index < -0.39 is 0 Å². The summed E-state index contributed by atoms with van der Waals surface area (Å²) in [5.74, 6) is 0. The molecule has 0 heterocycles. The molecule has 0 aromatic heterocycles. The van der Waals surface area contributed by atoms with Crippen molar-refractivity contribution in [3.63, 3.8) is 0 Å². The Balaban J connectivity index is 1.64. The van der Waals surface area contributed by atoms with Crippen molar-refractivity contribution in [1.82, 2.24) is 0 Å². The number of halogens is 1. The van der Waals surface area contributed by atoms with Gasteiger partial charge in [-0.1, -0.05) is 30.3 Å². The van der Waals surface area contributed by atoms with Crippen molar-refractivity contribution >= 4 is 30.4 Å². The summed E-state index contributed by atoms with van der Waals surface area (Å²) < 4.78 is 11.1. The maximum atomic E-state index is 5.75. The van der Waals surface area contributed by atoms with E-state index in [4.69, 9.17) is 8.92 Å². The largest absolute Gasteiger partial charge is 0.373 e. The molecule has 0 radical (unpaired) electrons. The van der Waals surface area contributed by atoms with Gasteiger partial charge in [-0.2, -0.15) is 0 Å². The summed E-state index contributed by atoms with van der Waals surface area (Å²) in [5.41, 5.74) is 1.24. The van der Waals surface area contributed by atoms with Gasteiger partial charge in [0, 0.05) is 34.0 Å². The van der Waals surface area contributed by atoms with Crippen LogP contribution in [0.4, 0.5) is 0 Å². The molecule has 1 aliphatic rings. The molecule has 0 saturated heterocycles. The summed E-state index contributed by atoms with van der Waals surface area (Å²) in [5, 5.41) is 0. The van der Waals surface area contributed by atoms with Gasteiger partial charge >= 0.3 is 0 Å². The molecule has 82 valence electrons. The van der Waals surface area contributed by atoms with Crippen molar-refractivity contribution in [2.24, 2.45) is 0 Å². The highest BCUT2D eigenvalue weighted by atomic mass is 127. The Kier molecular flexibility index (Phi) is 4.74. The van der Waals surface area contributed by atoms with E-state index in [0.717, 1.165) is 19.4 Å². The molecule has 1 aromatic rings. The van der Waals surface area contributed by atoms with Crippen LogP contribution in [0.5, 0.6) is 0 Å². The van der Waals surface area contributed by atoms with Crippen LogP contribution >= 0.6 is 30.4 Å². The lowest BCUT2D eigenvalue weighted by Crippen LogP contribution is -2.35. The predicted octanol–water partition coefficient (Wildman–Crippen LogP) is 3.75. The average Bonchev–Trinajstić information content (AvgIpc) is 2.23. The Bertz CT molecular complexity index is 288. The summed E-state index contributed by atoms with van der Waals surface area (Å²) in [7, 11) is 1.42. The van der Waals surface area contributed by atoms with Crippen LogP contribution < -0.4 is 0 Å². The van der Waals surface area contributed by atoms with Gasteiger partial charge in [0.15, 0.2) is 0 Å². The molecular formula is C11H13IO2S. The van der Waals surface area contributed by atoms with Gasteiger partial charge < -0.3 is 8.92 Å². The average molecular weight is 336 g/mol. The number of ether oxygens (including phenoxy) is 1. The number of hydrogen-bond acceptors (Lipinski definition) is 3. The van der Waals surface area contributed by atoms with Crippen LogP contribution in [0.15, 0.2) is 30.3 Å². The first-order chi connectivity index (χ1) is 7.38. The van der Waals surface area contributed by atoms with Crippen LogP contribution in [0, 0.1) is 0 Å². The summed E-state index contributed by atoms with van der Waals surface area (Å²) in [6.45, 7) is 0.718. The van der Waals surface area contributed by atoms with Gasteiger partial charge in [0.1, 0.15) is 0 Å². The van der Waals surface area contributed by atoms with E-state index in [9.17, 15) is 0 Å². The highest BCUT2D eigenvalue weighted by molar-refractivity contribution is 14.2. The fourth-order valence-corrected chi connectivity index (χ4v) is 2.71. The van der Waals surface area contributed by atoms with Crippen LogP contribution in [-0.4, -0.2) is 12.2 Å². The molecule has 0 unspecified atom stereocenters. The lowest BCUT2D eigenvalue weighted by atomic mass is 9.92. The quantitative estimate of drug-likeness (QED) is 0.603. The normalized spacial score (nSPS) is 24.9. The highest BCUT2D eigenvalue weighted by Crippen LogP contribution is 2.31. The van der Waals surface area contributed by atoms with Crippen LogP contribution in [0.2, 0.25) is 0 Å². The third kappa shape index (κ3) is 3.62. The van der Waals surface area contributed by atoms with Gasteiger partial charge in [0.25, 0.3) is 0 Å². The minimum atomic E-state index is 0.388. The molecule has 1 aliphatic carbocycles. The van der Waals surface area contributed by atoms with Crippen LogP contribution in [0.25, 0.3) is 0 Å². The molecule has 1 saturated carbocycles.